The van der Waals surface area contributed by atoms with E-state index in [0.29, 0.717) is 11.4 Å². The van der Waals surface area contributed by atoms with Crippen molar-refractivity contribution in [2.24, 2.45) is 5.41 Å². The van der Waals surface area contributed by atoms with Crippen molar-refractivity contribution in [3.8, 4) is 5.69 Å². The molecule has 4 rings (SSSR count). The number of nitrogens with zero attached hydrogens (tertiary/aromatic N) is 3. The lowest BCUT2D eigenvalue weighted by molar-refractivity contribution is -0.152. The summed E-state index contributed by atoms with van der Waals surface area (Å²) in [5, 5.41) is 4.38. The van der Waals surface area contributed by atoms with Crippen molar-refractivity contribution in [3.63, 3.8) is 0 Å². The Balaban J connectivity index is 1.52. The molecule has 2 aliphatic carbocycles. The number of halogens is 1. The van der Waals surface area contributed by atoms with Crippen LogP contribution in [-0.2, 0) is 4.74 Å². The summed E-state index contributed by atoms with van der Waals surface area (Å²) in [6, 6.07) is 8.08. The lowest BCUT2D eigenvalue weighted by Crippen LogP contribution is -2.64. The number of hydrogen-bond donors (Lipinski definition) is 0. The first kappa shape index (κ1) is 18.2. The summed E-state index contributed by atoms with van der Waals surface area (Å²) in [6.45, 7) is 2.75. The molecule has 5 nitrogen and oxygen atoms in total. The molecule has 0 saturated heterocycles. The Morgan fingerprint density at radius 2 is 2.15 bits per heavy atom. The fourth-order valence-corrected chi connectivity index (χ4v) is 4.92. The zero-order chi connectivity index (χ0) is 19.0. The summed E-state index contributed by atoms with van der Waals surface area (Å²) < 4.78 is 20.9. The first-order valence-electron chi connectivity index (χ1n) is 9.75. The van der Waals surface area contributed by atoms with Crippen molar-refractivity contribution in [1.29, 1.82) is 0 Å². The molecule has 27 heavy (non-hydrogen) atoms. The van der Waals surface area contributed by atoms with E-state index in [-0.39, 0.29) is 29.3 Å². The van der Waals surface area contributed by atoms with E-state index < -0.39 is 0 Å². The van der Waals surface area contributed by atoms with Gasteiger partial charge in [0.05, 0.1) is 11.8 Å². The standard InChI is InChI=1S/C21H26FN3O2/c1-3-27-19-14-18(21(19)10-4-5-11-21)24(2)20(26)17-9-12-25(23-17)16-8-6-7-15(22)13-16/h6-9,12-13,18-19H,3-5,10-11,14H2,1-2H3/t18-,19+/m0/s1. The van der Waals surface area contributed by atoms with Crippen molar-refractivity contribution < 1.29 is 13.9 Å². The van der Waals surface area contributed by atoms with Gasteiger partial charge in [-0.05, 0) is 50.5 Å². The molecule has 2 fully saturated rings. The third-order valence-corrected chi connectivity index (χ3v) is 6.31. The molecule has 0 aliphatic heterocycles. The minimum absolute atomic E-state index is 0.0867. The highest BCUT2D eigenvalue weighted by atomic mass is 19.1. The second-order valence-corrected chi connectivity index (χ2v) is 7.68. The van der Waals surface area contributed by atoms with E-state index >= 15 is 0 Å². The van der Waals surface area contributed by atoms with Crippen LogP contribution in [0.25, 0.3) is 5.69 Å². The molecule has 144 valence electrons. The SMILES string of the molecule is CCO[C@@H]1C[C@H](N(C)C(=O)c2ccn(-c3cccc(F)c3)n2)C12CCCC2. The Kier molecular flexibility index (Phi) is 4.76. The minimum atomic E-state index is -0.326. The van der Waals surface area contributed by atoms with Gasteiger partial charge in [0.2, 0.25) is 0 Å². The van der Waals surface area contributed by atoms with E-state index in [2.05, 4.69) is 5.10 Å². The van der Waals surface area contributed by atoms with E-state index in [4.69, 9.17) is 4.74 Å². The van der Waals surface area contributed by atoms with Crippen molar-refractivity contribution in [2.75, 3.05) is 13.7 Å². The van der Waals surface area contributed by atoms with Gasteiger partial charge in [0, 0.05) is 31.3 Å². The van der Waals surface area contributed by atoms with Gasteiger partial charge in [-0.25, -0.2) is 9.07 Å². The number of aromatic nitrogens is 2. The number of amides is 1. The van der Waals surface area contributed by atoms with Gasteiger partial charge < -0.3 is 9.64 Å². The summed E-state index contributed by atoms with van der Waals surface area (Å²) in [7, 11) is 1.87. The van der Waals surface area contributed by atoms with Gasteiger partial charge in [0.25, 0.3) is 5.91 Å². The molecule has 1 amide bonds. The fourth-order valence-electron chi connectivity index (χ4n) is 4.92. The van der Waals surface area contributed by atoms with Gasteiger partial charge in [0.15, 0.2) is 5.69 Å². The maximum atomic E-state index is 13.4. The Bertz CT molecular complexity index is 828. The molecule has 1 aromatic carbocycles. The van der Waals surface area contributed by atoms with Crippen LogP contribution >= 0.6 is 0 Å². The summed E-state index contributed by atoms with van der Waals surface area (Å²) in [6.07, 6.45) is 7.50. The van der Waals surface area contributed by atoms with E-state index in [1.807, 2.05) is 18.9 Å². The first-order chi connectivity index (χ1) is 13.0. The summed E-state index contributed by atoms with van der Waals surface area (Å²) in [4.78, 5) is 14.9. The molecular formula is C21H26FN3O2. The van der Waals surface area contributed by atoms with Crippen LogP contribution in [0.5, 0.6) is 0 Å². The normalized spacial score (nSPS) is 23.4. The van der Waals surface area contributed by atoms with Crippen LogP contribution in [-0.4, -0.2) is 46.4 Å². The van der Waals surface area contributed by atoms with Crippen LogP contribution in [0.2, 0.25) is 0 Å². The van der Waals surface area contributed by atoms with Crippen LogP contribution in [0.4, 0.5) is 4.39 Å². The van der Waals surface area contributed by atoms with E-state index in [0.717, 1.165) is 25.9 Å². The fraction of sp³-hybridized carbons (Fsp3) is 0.524. The molecule has 0 radical (unpaired) electrons. The van der Waals surface area contributed by atoms with Crippen LogP contribution in [0.3, 0.4) is 0 Å². The average molecular weight is 371 g/mol. The molecule has 2 atom stereocenters. The Labute approximate surface area is 159 Å². The largest absolute Gasteiger partial charge is 0.378 e. The van der Waals surface area contributed by atoms with Gasteiger partial charge in [-0.3, -0.25) is 4.79 Å². The number of rotatable bonds is 5. The van der Waals surface area contributed by atoms with Crippen molar-refractivity contribution in [2.45, 2.75) is 51.2 Å². The Morgan fingerprint density at radius 3 is 2.85 bits per heavy atom. The number of carbonyl (C=O) groups is 1. The van der Waals surface area contributed by atoms with Gasteiger partial charge in [-0.2, -0.15) is 5.10 Å². The predicted octanol–water partition coefficient (Wildman–Crippen LogP) is 3.82. The molecule has 1 spiro atoms. The van der Waals surface area contributed by atoms with Crippen LogP contribution < -0.4 is 0 Å². The predicted molar refractivity (Wildman–Crippen MR) is 100 cm³/mol. The number of carbonyl (C=O) groups excluding carboxylic acids is 1. The molecule has 1 aromatic heterocycles. The van der Waals surface area contributed by atoms with Crippen molar-refractivity contribution in [1.82, 2.24) is 14.7 Å². The van der Waals surface area contributed by atoms with E-state index in [9.17, 15) is 9.18 Å². The van der Waals surface area contributed by atoms with Gasteiger partial charge in [-0.15, -0.1) is 0 Å². The molecule has 0 unspecified atom stereocenters. The molecular weight excluding hydrogens is 345 g/mol. The van der Waals surface area contributed by atoms with Crippen LogP contribution in [0.1, 0.15) is 49.5 Å². The zero-order valence-electron chi connectivity index (χ0n) is 15.9. The molecule has 6 heteroatoms. The summed E-state index contributed by atoms with van der Waals surface area (Å²) in [5.74, 6) is -0.413. The highest BCUT2D eigenvalue weighted by Crippen LogP contribution is 2.56. The second kappa shape index (κ2) is 7.08. The highest BCUT2D eigenvalue weighted by molar-refractivity contribution is 5.92. The maximum absolute atomic E-state index is 13.4. The minimum Gasteiger partial charge on any atom is -0.378 e. The van der Waals surface area contributed by atoms with Gasteiger partial charge in [0.1, 0.15) is 5.82 Å². The van der Waals surface area contributed by atoms with Gasteiger partial charge >= 0.3 is 0 Å². The number of ether oxygens (including phenoxy) is 1. The quantitative estimate of drug-likeness (QED) is 0.803. The second-order valence-electron chi connectivity index (χ2n) is 7.68. The lowest BCUT2D eigenvalue weighted by Gasteiger charge is -2.56. The highest BCUT2D eigenvalue weighted by Gasteiger charge is 2.58. The topological polar surface area (TPSA) is 47.4 Å². The summed E-state index contributed by atoms with van der Waals surface area (Å²) >= 11 is 0. The smallest absolute Gasteiger partial charge is 0.274 e. The molecule has 0 N–H and O–H groups in total. The molecule has 2 saturated carbocycles. The van der Waals surface area contributed by atoms with E-state index in [1.165, 1.54) is 25.0 Å². The Hall–Kier alpha value is -2.21. The van der Waals surface area contributed by atoms with E-state index in [1.54, 1.807) is 29.1 Å². The molecule has 2 aliphatic rings. The van der Waals surface area contributed by atoms with Gasteiger partial charge in [-0.1, -0.05) is 18.9 Å². The van der Waals surface area contributed by atoms with Crippen LogP contribution in [0, 0.1) is 11.2 Å². The summed E-state index contributed by atoms with van der Waals surface area (Å²) in [5.41, 5.74) is 1.09. The third-order valence-electron chi connectivity index (χ3n) is 6.31. The van der Waals surface area contributed by atoms with Crippen molar-refractivity contribution in [3.05, 3.63) is 48.0 Å². The number of benzene rings is 1. The lowest BCUT2D eigenvalue weighted by atomic mass is 9.60. The molecule has 0 bridgehead atoms. The molecule has 1 heterocycles. The Morgan fingerprint density at radius 1 is 1.37 bits per heavy atom. The first-order valence-corrected chi connectivity index (χ1v) is 9.75. The maximum Gasteiger partial charge on any atom is 0.274 e. The zero-order valence-corrected chi connectivity index (χ0v) is 15.9. The average Bonchev–Trinajstić information content (AvgIpc) is 3.35. The van der Waals surface area contributed by atoms with Crippen LogP contribution in [0.15, 0.2) is 36.5 Å². The molecule has 2 aromatic rings. The number of hydrogen-bond acceptors (Lipinski definition) is 3. The third kappa shape index (κ3) is 3.06. The monoisotopic (exact) mass is 371 g/mol. The van der Waals surface area contributed by atoms with Crippen molar-refractivity contribution >= 4 is 5.91 Å².